The number of aromatic nitrogens is 4. The van der Waals surface area contributed by atoms with Crippen LogP contribution in [-0.4, -0.2) is 33.6 Å². The molecule has 0 saturated carbocycles. The molecule has 1 heterocycles. The molecule has 7 nitrogen and oxygen atoms in total. The number of anilines is 1. The maximum Gasteiger partial charge on any atom is 0.235 e. The van der Waals surface area contributed by atoms with E-state index in [0.717, 1.165) is 23.4 Å². The van der Waals surface area contributed by atoms with Crippen LogP contribution in [0.15, 0.2) is 48.5 Å². The predicted molar refractivity (Wildman–Crippen MR) is 98.1 cm³/mol. The molecule has 0 saturated heterocycles. The van der Waals surface area contributed by atoms with Crippen molar-refractivity contribution >= 4 is 11.6 Å². The number of carbonyl (C=O) groups excluding carboxylic acids is 1. The van der Waals surface area contributed by atoms with Crippen LogP contribution in [0, 0.1) is 0 Å². The van der Waals surface area contributed by atoms with Gasteiger partial charge in [-0.25, -0.2) is 0 Å². The van der Waals surface area contributed by atoms with E-state index >= 15 is 0 Å². The Labute approximate surface area is 151 Å². The van der Waals surface area contributed by atoms with Gasteiger partial charge in [0.25, 0.3) is 0 Å². The number of methoxy groups -OCH3 is 1. The number of H-pyrrole nitrogens is 1. The van der Waals surface area contributed by atoms with E-state index in [4.69, 9.17) is 4.74 Å². The van der Waals surface area contributed by atoms with Crippen molar-refractivity contribution in [2.75, 3.05) is 12.4 Å². The molecule has 26 heavy (non-hydrogen) atoms. The van der Waals surface area contributed by atoms with Gasteiger partial charge in [0.05, 0.1) is 7.11 Å². The highest BCUT2D eigenvalue weighted by molar-refractivity contribution is 5.95. The Hall–Kier alpha value is -3.22. The molecular formula is C19H21N5O2. The molecule has 2 N–H and O–H groups in total. The Balaban J connectivity index is 1.77. The second kappa shape index (κ2) is 8.24. The molecule has 0 spiro atoms. The van der Waals surface area contributed by atoms with Gasteiger partial charge in [0.15, 0.2) is 5.82 Å². The summed E-state index contributed by atoms with van der Waals surface area (Å²) in [4.78, 5) is 12.8. The molecule has 1 atom stereocenters. The minimum atomic E-state index is -0.548. The zero-order chi connectivity index (χ0) is 18.4. The van der Waals surface area contributed by atoms with E-state index < -0.39 is 5.92 Å². The number of amides is 1. The number of aromatic amines is 1. The summed E-state index contributed by atoms with van der Waals surface area (Å²) in [5.41, 5.74) is 2.95. The van der Waals surface area contributed by atoms with Crippen LogP contribution in [0.4, 0.5) is 5.69 Å². The number of aryl methyl sites for hydroxylation is 1. The highest BCUT2D eigenvalue weighted by atomic mass is 16.5. The summed E-state index contributed by atoms with van der Waals surface area (Å²) in [6, 6.07) is 15.4. The largest absolute Gasteiger partial charge is 0.497 e. The van der Waals surface area contributed by atoms with Gasteiger partial charge < -0.3 is 10.1 Å². The topological polar surface area (TPSA) is 92.8 Å². The number of tetrazole rings is 1. The van der Waals surface area contributed by atoms with Crippen LogP contribution in [0.5, 0.6) is 5.75 Å². The van der Waals surface area contributed by atoms with Crippen molar-refractivity contribution < 1.29 is 9.53 Å². The van der Waals surface area contributed by atoms with Gasteiger partial charge in [-0.1, -0.05) is 36.4 Å². The molecule has 1 aromatic heterocycles. The Morgan fingerprint density at radius 3 is 2.38 bits per heavy atom. The number of hydrogen-bond donors (Lipinski definition) is 2. The summed E-state index contributed by atoms with van der Waals surface area (Å²) in [5.74, 6) is 0.410. The molecule has 7 heteroatoms. The second-order valence-corrected chi connectivity index (χ2v) is 5.91. The number of hydrogen-bond acceptors (Lipinski definition) is 5. The Morgan fingerprint density at radius 2 is 1.81 bits per heavy atom. The smallest absolute Gasteiger partial charge is 0.235 e. The van der Waals surface area contributed by atoms with Gasteiger partial charge in [-0.15, -0.1) is 10.2 Å². The lowest BCUT2D eigenvalue weighted by molar-refractivity contribution is -0.117. The second-order valence-electron chi connectivity index (χ2n) is 5.91. The van der Waals surface area contributed by atoms with Gasteiger partial charge >= 0.3 is 0 Å². The van der Waals surface area contributed by atoms with Crippen LogP contribution >= 0.6 is 0 Å². The van der Waals surface area contributed by atoms with Gasteiger partial charge in [0.2, 0.25) is 5.91 Å². The lowest BCUT2D eigenvalue weighted by atomic mass is 9.97. The maximum atomic E-state index is 12.8. The fourth-order valence-electron chi connectivity index (χ4n) is 2.67. The molecule has 2 aromatic carbocycles. The average molecular weight is 351 g/mol. The Bertz CT molecular complexity index is 829. The molecule has 0 radical (unpaired) electrons. The van der Waals surface area contributed by atoms with Crippen molar-refractivity contribution in [3.05, 3.63) is 65.5 Å². The summed E-state index contributed by atoms with van der Waals surface area (Å²) in [6.07, 6.45) is 1.42. The van der Waals surface area contributed by atoms with Crippen LogP contribution < -0.4 is 10.1 Å². The average Bonchev–Trinajstić information content (AvgIpc) is 3.21. The van der Waals surface area contributed by atoms with Gasteiger partial charge in [0.1, 0.15) is 11.7 Å². The van der Waals surface area contributed by atoms with Crippen LogP contribution in [0.25, 0.3) is 0 Å². The van der Waals surface area contributed by atoms with E-state index in [1.807, 2.05) is 48.5 Å². The third-order valence-corrected chi connectivity index (χ3v) is 4.22. The van der Waals surface area contributed by atoms with E-state index in [1.165, 1.54) is 5.56 Å². The zero-order valence-corrected chi connectivity index (χ0v) is 14.8. The molecule has 0 aliphatic carbocycles. The lowest BCUT2D eigenvalue weighted by Crippen LogP contribution is -2.24. The molecule has 0 fully saturated rings. The van der Waals surface area contributed by atoms with Crippen molar-refractivity contribution in [2.45, 2.75) is 25.7 Å². The first-order valence-electron chi connectivity index (χ1n) is 8.45. The summed E-state index contributed by atoms with van der Waals surface area (Å²) in [5, 5.41) is 17.0. The molecule has 0 aliphatic heterocycles. The molecule has 3 aromatic rings. The first kappa shape index (κ1) is 17.6. The van der Waals surface area contributed by atoms with Gasteiger partial charge in [-0.3, -0.25) is 4.79 Å². The minimum Gasteiger partial charge on any atom is -0.497 e. The normalized spacial score (nSPS) is 11.8. The highest BCUT2D eigenvalue weighted by Gasteiger charge is 2.25. The van der Waals surface area contributed by atoms with Crippen LogP contribution in [0.1, 0.15) is 29.8 Å². The molecular weight excluding hydrogens is 330 g/mol. The van der Waals surface area contributed by atoms with Gasteiger partial charge in [0, 0.05) is 5.69 Å². The van der Waals surface area contributed by atoms with Crippen LogP contribution in [0.3, 0.4) is 0 Å². The summed E-state index contributed by atoms with van der Waals surface area (Å²) in [6.45, 7) is 2.09. The summed E-state index contributed by atoms with van der Waals surface area (Å²) >= 11 is 0. The third kappa shape index (κ3) is 4.24. The molecule has 1 amide bonds. The molecule has 0 unspecified atom stereocenters. The quantitative estimate of drug-likeness (QED) is 0.683. The zero-order valence-electron chi connectivity index (χ0n) is 14.8. The van der Waals surface area contributed by atoms with Crippen molar-refractivity contribution in [1.82, 2.24) is 20.6 Å². The van der Waals surface area contributed by atoms with E-state index in [1.54, 1.807) is 7.11 Å². The predicted octanol–water partition coefficient (Wildman–Crippen LogP) is 2.74. The fraction of sp³-hybridized carbons (Fsp3) is 0.263. The Kier molecular flexibility index (Phi) is 5.58. The van der Waals surface area contributed by atoms with Crippen molar-refractivity contribution in [3.63, 3.8) is 0 Å². The first-order chi connectivity index (χ1) is 12.7. The number of rotatable bonds is 7. The number of nitrogens with zero attached hydrogens (tertiary/aromatic N) is 3. The van der Waals surface area contributed by atoms with E-state index in [-0.39, 0.29) is 5.91 Å². The van der Waals surface area contributed by atoms with Crippen molar-refractivity contribution in [3.8, 4) is 5.75 Å². The summed E-state index contributed by atoms with van der Waals surface area (Å²) in [7, 11) is 1.62. The van der Waals surface area contributed by atoms with Gasteiger partial charge in [-0.05, 0) is 48.2 Å². The van der Waals surface area contributed by atoms with Crippen LogP contribution in [0.2, 0.25) is 0 Å². The summed E-state index contributed by atoms with van der Waals surface area (Å²) < 4.78 is 5.17. The van der Waals surface area contributed by atoms with Gasteiger partial charge in [-0.2, -0.15) is 5.21 Å². The monoisotopic (exact) mass is 351 g/mol. The molecule has 3 rings (SSSR count). The Morgan fingerprint density at radius 1 is 1.12 bits per heavy atom. The lowest BCUT2D eigenvalue weighted by Gasteiger charge is -2.14. The maximum absolute atomic E-state index is 12.8. The first-order valence-corrected chi connectivity index (χ1v) is 8.45. The molecule has 134 valence electrons. The number of benzene rings is 2. The third-order valence-electron chi connectivity index (χ3n) is 4.22. The van der Waals surface area contributed by atoms with Crippen LogP contribution in [-0.2, 0) is 17.6 Å². The minimum absolute atomic E-state index is 0.175. The van der Waals surface area contributed by atoms with Crippen molar-refractivity contribution in [1.29, 1.82) is 0 Å². The van der Waals surface area contributed by atoms with E-state index in [2.05, 4.69) is 32.9 Å². The molecule has 0 bridgehead atoms. The van der Waals surface area contributed by atoms with E-state index in [9.17, 15) is 4.79 Å². The SMILES string of the molecule is CCc1ccc(NC(=O)[C@@H](Cc2ccc(OC)cc2)c2nn[nH]n2)cc1. The standard InChI is InChI=1S/C19H21N5O2/c1-3-13-4-8-15(9-5-13)20-19(25)17(18-21-23-24-22-18)12-14-6-10-16(26-2)11-7-14/h4-11,17H,3,12H2,1-2H3,(H,20,25)(H,21,22,23,24)/t17-/m0/s1. The fourth-order valence-corrected chi connectivity index (χ4v) is 2.67. The number of carbonyl (C=O) groups is 1. The number of nitrogens with one attached hydrogen (secondary N) is 2. The van der Waals surface area contributed by atoms with Crippen molar-refractivity contribution in [2.24, 2.45) is 0 Å². The number of ether oxygens (including phenoxy) is 1. The molecule has 0 aliphatic rings. The highest BCUT2D eigenvalue weighted by Crippen LogP contribution is 2.22. The van der Waals surface area contributed by atoms with E-state index in [0.29, 0.717) is 12.2 Å².